The first-order valence-electron chi connectivity index (χ1n) is 6.98. The summed E-state index contributed by atoms with van der Waals surface area (Å²) >= 11 is 0. The van der Waals surface area contributed by atoms with Crippen molar-refractivity contribution in [3.8, 4) is 0 Å². The SMILES string of the molecule is CC(C)(O)CNC(=O)N1CC(c2ccc(C(F)(F)F)cc2)C1. The highest BCUT2D eigenvalue weighted by Crippen LogP contribution is 2.32. The smallest absolute Gasteiger partial charge is 0.389 e. The standard InChI is InChI=1S/C15H19F3N2O2/c1-14(2,22)9-19-13(21)20-7-11(8-20)10-3-5-12(6-4-10)15(16,17)18/h3-6,11,22H,7-9H2,1-2H3,(H,19,21). The van der Waals surface area contributed by atoms with E-state index in [0.717, 1.165) is 17.7 Å². The van der Waals surface area contributed by atoms with E-state index in [9.17, 15) is 23.1 Å². The number of benzene rings is 1. The third kappa shape index (κ3) is 4.13. The van der Waals surface area contributed by atoms with Crippen molar-refractivity contribution in [2.75, 3.05) is 19.6 Å². The number of amides is 2. The summed E-state index contributed by atoms with van der Waals surface area (Å²) in [7, 11) is 0. The molecule has 1 aromatic carbocycles. The van der Waals surface area contributed by atoms with Crippen LogP contribution in [-0.4, -0.2) is 41.3 Å². The largest absolute Gasteiger partial charge is 0.416 e. The number of hydrogen-bond acceptors (Lipinski definition) is 2. The van der Waals surface area contributed by atoms with E-state index in [4.69, 9.17) is 0 Å². The molecule has 0 saturated carbocycles. The fourth-order valence-corrected chi connectivity index (χ4v) is 2.20. The molecule has 0 atom stereocenters. The van der Waals surface area contributed by atoms with Gasteiger partial charge in [-0.15, -0.1) is 0 Å². The van der Waals surface area contributed by atoms with Crippen molar-refractivity contribution < 1.29 is 23.1 Å². The highest BCUT2D eigenvalue weighted by atomic mass is 19.4. The van der Waals surface area contributed by atoms with Gasteiger partial charge in [-0.05, 0) is 31.5 Å². The third-order valence-corrected chi connectivity index (χ3v) is 3.55. The van der Waals surface area contributed by atoms with E-state index in [0.29, 0.717) is 13.1 Å². The molecule has 0 radical (unpaired) electrons. The predicted octanol–water partition coefficient (Wildman–Crippen LogP) is 2.59. The summed E-state index contributed by atoms with van der Waals surface area (Å²) in [5.74, 6) is 0.0511. The molecule has 0 aliphatic carbocycles. The van der Waals surface area contributed by atoms with Gasteiger partial charge in [-0.3, -0.25) is 0 Å². The van der Waals surface area contributed by atoms with Crippen molar-refractivity contribution in [1.82, 2.24) is 10.2 Å². The number of halogens is 3. The molecule has 1 saturated heterocycles. The lowest BCUT2D eigenvalue weighted by Gasteiger charge is -2.40. The molecule has 22 heavy (non-hydrogen) atoms. The van der Waals surface area contributed by atoms with Crippen LogP contribution in [0.25, 0.3) is 0 Å². The Balaban J connectivity index is 1.85. The van der Waals surface area contributed by atoms with E-state index in [1.165, 1.54) is 12.1 Å². The normalized spacial score (nSPS) is 16.4. The molecule has 1 aliphatic heterocycles. The summed E-state index contributed by atoms with van der Waals surface area (Å²) in [4.78, 5) is 13.4. The predicted molar refractivity (Wildman–Crippen MR) is 75.5 cm³/mol. The maximum Gasteiger partial charge on any atom is 0.416 e. The molecule has 2 rings (SSSR count). The Hall–Kier alpha value is -1.76. The summed E-state index contributed by atoms with van der Waals surface area (Å²) in [6.45, 7) is 4.25. The molecule has 0 spiro atoms. The monoisotopic (exact) mass is 316 g/mol. The Morgan fingerprint density at radius 2 is 1.82 bits per heavy atom. The van der Waals surface area contributed by atoms with Crippen molar-refractivity contribution in [2.24, 2.45) is 0 Å². The van der Waals surface area contributed by atoms with Gasteiger partial charge in [0.05, 0.1) is 11.2 Å². The first-order chi connectivity index (χ1) is 10.1. The number of carbonyl (C=O) groups excluding carboxylic acids is 1. The van der Waals surface area contributed by atoms with Crippen LogP contribution >= 0.6 is 0 Å². The Morgan fingerprint density at radius 1 is 1.27 bits per heavy atom. The first-order valence-corrected chi connectivity index (χ1v) is 6.98. The average molecular weight is 316 g/mol. The number of alkyl halides is 3. The molecule has 4 nitrogen and oxygen atoms in total. The van der Waals surface area contributed by atoms with E-state index in [2.05, 4.69) is 5.32 Å². The average Bonchev–Trinajstić information content (AvgIpc) is 2.33. The van der Waals surface area contributed by atoms with E-state index in [1.54, 1.807) is 18.7 Å². The molecule has 122 valence electrons. The van der Waals surface area contributed by atoms with Crippen molar-refractivity contribution in [3.05, 3.63) is 35.4 Å². The van der Waals surface area contributed by atoms with Crippen LogP contribution in [0, 0.1) is 0 Å². The summed E-state index contributed by atoms with van der Waals surface area (Å²) < 4.78 is 37.5. The number of nitrogens with one attached hydrogen (secondary N) is 1. The van der Waals surface area contributed by atoms with Gasteiger partial charge in [0.2, 0.25) is 0 Å². The Kier molecular flexibility index (Phi) is 4.37. The lowest BCUT2D eigenvalue weighted by atomic mass is 9.91. The van der Waals surface area contributed by atoms with E-state index in [1.807, 2.05) is 0 Å². The molecule has 1 fully saturated rings. The van der Waals surface area contributed by atoms with Crippen molar-refractivity contribution in [3.63, 3.8) is 0 Å². The van der Waals surface area contributed by atoms with Crippen LogP contribution in [0.4, 0.5) is 18.0 Å². The zero-order chi connectivity index (χ0) is 16.5. The fraction of sp³-hybridized carbons (Fsp3) is 0.533. The second-order valence-electron chi connectivity index (χ2n) is 6.19. The first kappa shape index (κ1) is 16.6. The molecule has 0 bridgehead atoms. The molecule has 0 unspecified atom stereocenters. The second-order valence-corrected chi connectivity index (χ2v) is 6.19. The quantitative estimate of drug-likeness (QED) is 0.900. The molecule has 0 aromatic heterocycles. The molecular weight excluding hydrogens is 297 g/mol. The minimum atomic E-state index is -4.33. The van der Waals surface area contributed by atoms with Crippen LogP contribution in [0.3, 0.4) is 0 Å². The van der Waals surface area contributed by atoms with E-state index >= 15 is 0 Å². The molecule has 1 aliphatic rings. The van der Waals surface area contributed by atoms with Gasteiger partial charge in [0.1, 0.15) is 0 Å². The number of nitrogens with zero attached hydrogens (tertiary/aromatic N) is 1. The number of hydrogen-bond donors (Lipinski definition) is 2. The Bertz CT molecular complexity index is 529. The van der Waals surface area contributed by atoms with Gasteiger partial charge in [-0.25, -0.2) is 4.79 Å². The zero-order valence-electron chi connectivity index (χ0n) is 12.4. The molecular formula is C15H19F3N2O2. The van der Waals surface area contributed by atoms with E-state index in [-0.39, 0.29) is 18.5 Å². The van der Waals surface area contributed by atoms with Gasteiger partial charge in [0.25, 0.3) is 0 Å². The highest BCUT2D eigenvalue weighted by Gasteiger charge is 2.34. The van der Waals surface area contributed by atoms with Gasteiger partial charge in [0.15, 0.2) is 0 Å². The topological polar surface area (TPSA) is 52.6 Å². The van der Waals surface area contributed by atoms with Crippen LogP contribution < -0.4 is 5.32 Å². The van der Waals surface area contributed by atoms with Crippen LogP contribution in [0.5, 0.6) is 0 Å². The minimum Gasteiger partial charge on any atom is -0.389 e. The summed E-state index contributed by atoms with van der Waals surface area (Å²) in [5.41, 5.74) is -0.859. The van der Waals surface area contributed by atoms with Gasteiger partial charge in [0, 0.05) is 25.6 Å². The number of carbonyl (C=O) groups is 1. The number of likely N-dealkylation sites (tertiary alicyclic amines) is 1. The van der Waals surface area contributed by atoms with Gasteiger partial charge in [-0.1, -0.05) is 12.1 Å². The van der Waals surface area contributed by atoms with E-state index < -0.39 is 17.3 Å². The van der Waals surface area contributed by atoms with Gasteiger partial charge >= 0.3 is 12.2 Å². The fourth-order valence-electron chi connectivity index (χ4n) is 2.20. The second kappa shape index (κ2) is 5.79. The Morgan fingerprint density at radius 3 is 2.27 bits per heavy atom. The molecule has 2 N–H and O–H groups in total. The number of rotatable bonds is 3. The third-order valence-electron chi connectivity index (χ3n) is 3.55. The number of aliphatic hydroxyl groups is 1. The van der Waals surface area contributed by atoms with Crippen LogP contribution in [0.15, 0.2) is 24.3 Å². The van der Waals surface area contributed by atoms with Gasteiger partial charge in [-0.2, -0.15) is 13.2 Å². The minimum absolute atomic E-state index is 0.0511. The molecule has 1 aromatic rings. The highest BCUT2D eigenvalue weighted by molar-refractivity contribution is 5.75. The van der Waals surface area contributed by atoms with Crippen molar-refractivity contribution in [1.29, 1.82) is 0 Å². The molecule has 7 heteroatoms. The number of urea groups is 1. The van der Waals surface area contributed by atoms with Crippen molar-refractivity contribution >= 4 is 6.03 Å². The molecule has 1 heterocycles. The van der Waals surface area contributed by atoms with Gasteiger partial charge < -0.3 is 15.3 Å². The lowest BCUT2D eigenvalue weighted by Crippen LogP contribution is -2.54. The van der Waals surface area contributed by atoms with Crippen LogP contribution in [0.1, 0.15) is 30.9 Å². The van der Waals surface area contributed by atoms with Crippen LogP contribution in [-0.2, 0) is 6.18 Å². The molecule has 2 amide bonds. The van der Waals surface area contributed by atoms with Crippen LogP contribution in [0.2, 0.25) is 0 Å². The summed E-state index contributed by atoms with van der Waals surface area (Å²) in [6.07, 6.45) is -4.33. The summed E-state index contributed by atoms with van der Waals surface area (Å²) in [5, 5.41) is 12.1. The summed E-state index contributed by atoms with van der Waals surface area (Å²) in [6, 6.07) is 4.77. The zero-order valence-corrected chi connectivity index (χ0v) is 12.4. The maximum absolute atomic E-state index is 12.5. The van der Waals surface area contributed by atoms with Crippen molar-refractivity contribution in [2.45, 2.75) is 31.5 Å². The lowest BCUT2D eigenvalue weighted by molar-refractivity contribution is -0.137. The Labute approximate surface area is 126 Å². The maximum atomic E-state index is 12.5.